The van der Waals surface area contributed by atoms with Crippen molar-refractivity contribution in [1.29, 1.82) is 0 Å². The van der Waals surface area contributed by atoms with Crippen LogP contribution < -0.4 is 80.4 Å². The number of hydrogen-bond donors (Lipinski definition) is 2. The molecule has 2 atom stereocenters. The van der Waals surface area contributed by atoms with Crippen LogP contribution in [0.4, 0.5) is 5.13 Å². The van der Waals surface area contributed by atoms with E-state index in [1.165, 1.54) is 17.1 Å². The number of nitrogen functional groups attached to an aromatic ring is 1. The standard InChI is InChI=1S/C18H19N5O7S2.2Na/c1-7-5-31-14-10(13(25)23(14)11(7)15(26)27)21-12(24)9(8-6-32-17(19)20-8)22-30-18(16(28)29)3-2-4-18;;/h6,10,14H,2-5H2,1H3,(H2,19,20)(H,21,24)(H,26,27)(H,28,29);;/q;2*+1/p-2/b22-9-;;/t10-,14-;;/m1../s1. The zero-order valence-electron chi connectivity index (χ0n) is 18.7. The molecule has 3 heterocycles. The molecule has 16 heteroatoms. The number of amides is 2. The molecule has 1 aliphatic carbocycles. The van der Waals surface area contributed by atoms with E-state index in [9.17, 15) is 29.4 Å². The van der Waals surface area contributed by atoms with Crippen LogP contribution >= 0.6 is 23.1 Å². The molecule has 1 aromatic heterocycles. The van der Waals surface area contributed by atoms with Crippen molar-refractivity contribution in [2.75, 3.05) is 11.5 Å². The van der Waals surface area contributed by atoms with E-state index in [2.05, 4.69) is 15.5 Å². The molecule has 170 valence electrons. The maximum atomic E-state index is 13.0. The van der Waals surface area contributed by atoms with Gasteiger partial charge in [0, 0.05) is 11.1 Å². The molecule has 3 aliphatic rings. The minimum atomic E-state index is -1.62. The molecule has 2 amide bonds. The van der Waals surface area contributed by atoms with Crippen molar-refractivity contribution in [3.63, 3.8) is 0 Å². The Kier molecular flexibility index (Phi) is 9.66. The zero-order valence-corrected chi connectivity index (χ0v) is 24.3. The topological polar surface area (TPSA) is 190 Å². The third kappa shape index (κ3) is 5.19. The van der Waals surface area contributed by atoms with Crippen molar-refractivity contribution >= 4 is 57.7 Å². The van der Waals surface area contributed by atoms with Crippen LogP contribution in [-0.4, -0.2) is 62.1 Å². The first-order chi connectivity index (χ1) is 15.1. The van der Waals surface area contributed by atoms with Crippen LogP contribution in [-0.2, 0) is 24.0 Å². The largest absolute Gasteiger partial charge is 1.00 e. The average Bonchev–Trinajstić information content (AvgIpc) is 3.13. The Labute approximate surface area is 246 Å². The first kappa shape index (κ1) is 29.1. The molecule has 3 N–H and O–H groups in total. The van der Waals surface area contributed by atoms with Crippen LogP contribution in [0.2, 0.25) is 0 Å². The maximum Gasteiger partial charge on any atom is 1.00 e. The molecule has 0 aromatic carbocycles. The number of nitrogens with zero attached hydrogens (tertiary/aromatic N) is 3. The summed E-state index contributed by atoms with van der Waals surface area (Å²) in [5, 5.41) is 30.1. The summed E-state index contributed by atoms with van der Waals surface area (Å²) in [6.45, 7) is 1.59. The summed E-state index contributed by atoms with van der Waals surface area (Å²) in [4.78, 5) is 58.7. The number of thioether (sulfide) groups is 1. The molecule has 0 spiro atoms. The van der Waals surface area contributed by atoms with E-state index in [0.717, 1.165) is 16.2 Å². The number of nitrogens with one attached hydrogen (secondary N) is 1. The van der Waals surface area contributed by atoms with E-state index in [0.29, 0.717) is 17.7 Å². The fraction of sp³-hybridized carbons (Fsp3) is 0.444. The fourth-order valence-electron chi connectivity index (χ4n) is 3.54. The molecule has 4 rings (SSSR count). The fourth-order valence-corrected chi connectivity index (χ4v) is 5.38. The first-order valence-corrected chi connectivity index (χ1v) is 11.4. The maximum absolute atomic E-state index is 13.0. The number of carboxylic acids is 2. The predicted octanol–water partition coefficient (Wildman–Crippen LogP) is -8.45. The van der Waals surface area contributed by atoms with Crippen molar-refractivity contribution in [2.45, 2.75) is 43.2 Å². The Morgan fingerprint density at radius 3 is 2.50 bits per heavy atom. The molecule has 1 saturated carbocycles. The van der Waals surface area contributed by atoms with Crippen LogP contribution in [0.25, 0.3) is 0 Å². The third-order valence-corrected chi connectivity index (χ3v) is 7.56. The number of carbonyl (C=O) groups is 4. The van der Waals surface area contributed by atoms with Crippen LogP contribution in [0.3, 0.4) is 0 Å². The number of hydrogen-bond acceptors (Lipinski definition) is 12. The summed E-state index contributed by atoms with van der Waals surface area (Å²) >= 11 is 2.33. The van der Waals surface area contributed by atoms with Gasteiger partial charge in [0.2, 0.25) is 0 Å². The zero-order chi connectivity index (χ0) is 23.2. The quantitative estimate of drug-likeness (QED) is 0.150. The second kappa shape index (κ2) is 11.3. The van der Waals surface area contributed by atoms with Gasteiger partial charge in [-0.2, -0.15) is 0 Å². The first-order valence-electron chi connectivity index (χ1n) is 9.50. The Balaban J connectivity index is 0.00000204. The summed E-state index contributed by atoms with van der Waals surface area (Å²) in [6, 6.07) is -1.02. The van der Waals surface area contributed by atoms with Gasteiger partial charge in [-0.15, -0.1) is 23.1 Å². The Bertz CT molecular complexity index is 1090. The monoisotopic (exact) mass is 525 g/mol. The number of oxime groups is 1. The van der Waals surface area contributed by atoms with E-state index in [1.807, 2.05) is 0 Å². The van der Waals surface area contributed by atoms with Crippen LogP contribution in [0.1, 0.15) is 31.9 Å². The van der Waals surface area contributed by atoms with Gasteiger partial charge in [-0.05, 0) is 31.8 Å². The molecule has 2 aliphatic heterocycles. The van der Waals surface area contributed by atoms with Crippen molar-refractivity contribution < 1.29 is 93.3 Å². The van der Waals surface area contributed by atoms with Crippen molar-refractivity contribution in [3.05, 3.63) is 22.3 Å². The number of β-lactam (4-membered cyclic amide) rings is 1. The van der Waals surface area contributed by atoms with Crippen molar-refractivity contribution in [1.82, 2.24) is 15.2 Å². The SMILES string of the molecule is CC1=C(C(=O)[O-])N2C(=O)[C@@H](NC(=O)/C(=N\OC3(C(=O)[O-])CCC3)c3csc(N)n3)[C@H]2SC1.[Na+].[Na+]. The Morgan fingerprint density at radius 1 is 1.32 bits per heavy atom. The van der Waals surface area contributed by atoms with Gasteiger partial charge in [0.05, 0.1) is 17.6 Å². The molecule has 0 unspecified atom stereocenters. The molecule has 12 nitrogen and oxygen atoms in total. The summed E-state index contributed by atoms with van der Waals surface area (Å²) in [5.74, 6) is -4.01. The van der Waals surface area contributed by atoms with Gasteiger partial charge in [0.15, 0.2) is 16.4 Å². The molecule has 0 bridgehead atoms. The van der Waals surface area contributed by atoms with Gasteiger partial charge in [-0.1, -0.05) is 5.16 Å². The van der Waals surface area contributed by atoms with Crippen molar-refractivity contribution in [2.24, 2.45) is 5.16 Å². The molecule has 0 radical (unpaired) electrons. The van der Waals surface area contributed by atoms with Gasteiger partial charge >= 0.3 is 59.1 Å². The Morgan fingerprint density at radius 2 is 2.00 bits per heavy atom. The number of carboxylic acid groups (broad SMARTS) is 2. The van der Waals surface area contributed by atoms with Crippen LogP contribution in [0, 0.1) is 0 Å². The molecular formula is C18H17N5Na2O7S2. The smallest absolute Gasteiger partial charge is 0.546 e. The number of fused-ring (bicyclic) bond motifs is 1. The minimum absolute atomic E-state index is 0. The summed E-state index contributed by atoms with van der Waals surface area (Å²) < 4.78 is 0. The second-order valence-electron chi connectivity index (χ2n) is 7.51. The van der Waals surface area contributed by atoms with Gasteiger partial charge in [-0.25, -0.2) is 4.98 Å². The molecule has 34 heavy (non-hydrogen) atoms. The second-order valence-corrected chi connectivity index (χ2v) is 9.51. The van der Waals surface area contributed by atoms with E-state index >= 15 is 0 Å². The average molecular weight is 525 g/mol. The van der Waals surface area contributed by atoms with E-state index in [-0.39, 0.29) is 94.2 Å². The predicted molar refractivity (Wildman–Crippen MR) is 108 cm³/mol. The van der Waals surface area contributed by atoms with Gasteiger partial charge < -0.3 is 35.7 Å². The Hall–Kier alpha value is -1.13. The van der Waals surface area contributed by atoms with E-state index in [4.69, 9.17) is 10.6 Å². The number of aromatic nitrogens is 1. The summed E-state index contributed by atoms with van der Waals surface area (Å²) in [5.41, 5.74) is 3.99. The normalized spacial score (nSPS) is 22.8. The van der Waals surface area contributed by atoms with Gasteiger partial charge in [-0.3, -0.25) is 14.5 Å². The minimum Gasteiger partial charge on any atom is -0.546 e. The number of rotatable bonds is 7. The van der Waals surface area contributed by atoms with E-state index in [1.54, 1.807) is 6.92 Å². The summed E-state index contributed by atoms with van der Waals surface area (Å²) in [7, 11) is 0. The van der Waals surface area contributed by atoms with E-state index < -0.39 is 40.8 Å². The van der Waals surface area contributed by atoms with Crippen LogP contribution in [0.15, 0.2) is 21.8 Å². The number of carbonyl (C=O) groups excluding carboxylic acids is 4. The third-order valence-electron chi connectivity index (χ3n) is 5.46. The molecule has 1 aromatic rings. The molecular weight excluding hydrogens is 508 g/mol. The number of thiazole rings is 1. The van der Waals surface area contributed by atoms with Crippen LogP contribution in [0.5, 0.6) is 0 Å². The summed E-state index contributed by atoms with van der Waals surface area (Å²) in [6.07, 6.45) is 0.965. The molecule has 1 saturated heterocycles. The van der Waals surface area contributed by atoms with Gasteiger partial charge in [0.1, 0.15) is 17.1 Å². The number of nitrogens with two attached hydrogens (primary N) is 1. The van der Waals surface area contributed by atoms with Crippen molar-refractivity contribution in [3.8, 4) is 0 Å². The number of anilines is 1. The number of aliphatic carboxylic acids is 2. The van der Waals surface area contributed by atoms with Gasteiger partial charge in [0.25, 0.3) is 11.8 Å². The molecule has 2 fully saturated rings.